The molecule has 0 aliphatic carbocycles. The highest BCUT2D eigenvalue weighted by atomic mass is 16.3. The Hall–Kier alpha value is -3.03. The van der Waals surface area contributed by atoms with Crippen LogP contribution in [0.5, 0.6) is 0 Å². The fourth-order valence-corrected chi connectivity index (χ4v) is 1.98. The summed E-state index contributed by atoms with van der Waals surface area (Å²) in [6.45, 7) is 1.82. The van der Waals surface area contributed by atoms with Crippen LogP contribution in [0.4, 0.5) is 11.5 Å². The van der Waals surface area contributed by atoms with E-state index in [9.17, 15) is 0 Å². The summed E-state index contributed by atoms with van der Waals surface area (Å²) in [6, 6.07) is 9.26. The lowest BCUT2D eigenvalue weighted by Gasteiger charge is -2.04. The summed E-state index contributed by atoms with van der Waals surface area (Å²) in [7, 11) is 0. The molecule has 8 heteroatoms. The van der Waals surface area contributed by atoms with E-state index in [1.807, 2.05) is 31.2 Å². The van der Waals surface area contributed by atoms with Crippen LogP contribution in [-0.4, -0.2) is 30.2 Å². The van der Waals surface area contributed by atoms with E-state index in [2.05, 4.69) is 30.9 Å². The summed E-state index contributed by atoms with van der Waals surface area (Å²) in [5.41, 5.74) is 3.02. The van der Waals surface area contributed by atoms with Gasteiger partial charge in [0.05, 0.1) is 0 Å². The van der Waals surface area contributed by atoms with Crippen LogP contribution in [0.3, 0.4) is 0 Å². The SMILES string of the molecule is Cc1nc2cc(Nc3ccc4nnnn4n3)ccc2o1. The van der Waals surface area contributed by atoms with Gasteiger partial charge in [-0.25, -0.2) is 4.98 Å². The van der Waals surface area contributed by atoms with E-state index < -0.39 is 0 Å². The predicted octanol–water partition coefficient (Wildman–Crippen LogP) is 1.71. The molecule has 0 bridgehead atoms. The molecule has 3 heterocycles. The molecular weight excluding hydrogens is 258 g/mol. The molecule has 0 spiro atoms. The van der Waals surface area contributed by atoms with Gasteiger partial charge in [-0.3, -0.25) is 0 Å². The molecule has 98 valence electrons. The van der Waals surface area contributed by atoms with Crippen LogP contribution in [0.1, 0.15) is 5.89 Å². The van der Waals surface area contributed by atoms with E-state index in [0.717, 1.165) is 16.8 Å². The van der Waals surface area contributed by atoms with Crippen molar-refractivity contribution >= 4 is 28.3 Å². The zero-order valence-corrected chi connectivity index (χ0v) is 10.5. The van der Waals surface area contributed by atoms with Crippen LogP contribution in [0, 0.1) is 6.92 Å². The van der Waals surface area contributed by atoms with Crippen LogP contribution in [0.25, 0.3) is 16.7 Å². The van der Waals surface area contributed by atoms with Crippen LogP contribution >= 0.6 is 0 Å². The van der Waals surface area contributed by atoms with Crippen LogP contribution in [0.2, 0.25) is 0 Å². The van der Waals surface area contributed by atoms with Crippen molar-refractivity contribution in [3.05, 3.63) is 36.2 Å². The number of fused-ring (bicyclic) bond motifs is 2. The molecule has 20 heavy (non-hydrogen) atoms. The van der Waals surface area contributed by atoms with E-state index in [0.29, 0.717) is 17.4 Å². The topological polar surface area (TPSA) is 94.0 Å². The van der Waals surface area contributed by atoms with Gasteiger partial charge in [-0.1, -0.05) is 0 Å². The molecule has 1 aromatic carbocycles. The van der Waals surface area contributed by atoms with Crippen LogP contribution in [0.15, 0.2) is 34.7 Å². The summed E-state index contributed by atoms with van der Waals surface area (Å²) in [5, 5.41) is 18.5. The molecule has 0 saturated carbocycles. The summed E-state index contributed by atoms with van der Waals surface area (Å²) < 4.78 is 6.80. The molecule has 4 aromatic rings. The maximum absolute atomic E-state index is 5.44. The van der Waals surface area contributed by atoms with Gasteiger partial charge in [0.15, 0.2) is 22.9 Å². The Balaban J connectivity index is 1.71. The monoisotopic (exact) mass is 267 g/mol. The summed E-state index contributed by atoms with van der Waals surface area (Å²) >= 11 is 0. The zero-order valence-electron chi connectivity index (χ0n) is 10.5. The third kappa shape index (κ3) is 1.74. The Morgan fingerprint density at radius 1 is 1.20 bits per heavy atom. The van der Waals surface area contributed by atoms with Gasteiger partial charge in [-0.05, 0) is 40.8 Å². The minimum Gasteiger partial charge on any atom is -0.441 e. The Labute approximate surface area is 112 Å². The largest absolute Gasteiger partial charge is 0.441 e. The van der Waals surface area contributed by atoms with Crippen molar-refractivity contribution in [1.29, 1.82) is 0 Å². The number of hydrogen-bond acceptors (Lipinski definition) is 7. The number of anilines is 2. The number of rotatable bonds is 2. The molecule has 8 nitrogen and oxygen atoms in total. The summed E-state index contributed by atoms with van der Waals surface area (Å²) in [4.78, 5) is 4.29. The number of hydrogen-bond donors (Lipinski definition) is 1. The Kier molecular flexibility index (Phi) is 2.16. The Morgan fingerprint density at radius 3 is 3.10 bits per heavy atom. The first-order valence-electron chi connectivity index (χ1n) is 5.97. The van der Waals surface area contributed by atoms with Gasteiger partial charge in [0.25, 0.3) is 0 Å². The van der Waals surface area contributed by atoms with Crippen LogP contribution < -0.4 is 5.32 Å². The quantitative estimate of drug-likeness (QED) is 0.590. The standard InChI is InChI=1S/C12H9N7O/c1-7-13-9-6-8(2-3-10(9)20-7)14-11-4-5-12-15-17-18-19(12)16-11/h2-6H,1H3,(H,14,16). The van der Waals surface area contributed by atoms with E-state index in [1.165, 1.54) is 4.63 Å². The normalized spacial score (nSPS) is 11.2. The van der Waals surface area contributed by atoms with Crippen molar-refractivity contribution in [2.75, 3.05) is 5.32 Å². The van der Waals surface area contributed by atoms with Gasteiger partial charge in [-0.2, -0.15) is 0 Å². The van der Waals surface area contributed by atoms with E-state index in [-0.39, 0.29) is 0 Å². The molecule has 3 aromatic heterocycles. The molecule has 0 radical (unpaired) electrons. The smallest absolute Gasteiger partial charge is 0.200 e. The highest BCUT2D eigenvalue weighted by Crippen LogP contribution is 2.21. The van der Waals surface area contributed by atoms with Gasteiger partial charge >= 0.3 is 0 Å². The van der Waals surface area contributed by atoms with Crippen molar-refractivity contribution in [3.8, 4) is 0 Å². The maximum atomic E-state index is 5.44. The van der Waals surface area contributed by atoms with E-state index in [1.54, 1.807) is 6.07 Å². The first kappa shape index (κ1) is 10.9. The van der Waals surface area contributed by atoms with E-state index >= 15 is 0 Å². The molecule has 0 saturated heterocycles. The lowest BCUT2D eigenvalue weighted by molar-refractivity contribution is 0.561. The molecule has 0 atom stereocenters. The van der Waals surface area contributed by atoms with Crippen molar-refractivity contribution in [1.82, 2.24) is 30.2 Å². The van der Waals surface area contributed by atoms with Gasteiger partial charge in [-0.15, -0.1) is 14.8 Å². The average molecular weight is 267 g/mol. The van der Waals surface area contributed by atoms with Gasteiger partial charge in [0, 0.05) is 12.6 Å². The average Bonchev–Trinajstić information content (AvgIpc) is 3.02. The fourth-order valence-electron chi connectivity index (χ4n) is 1.98. The van der Waals surface area contributed by atoms with Crippen molar-refractivity contribution in [2.45, 2.75) is 6.92 Å². The number of aryl methyl sites for hydroxylation is 1. The van der Waals surface area contributed by atoms with Crippen molar-refractivity contribution < 1.29 is 4.42 Å². The number of nitrogens with zero attached hydrogens (tertiary/aromatic N) is 6. The second-order valence-corrected chi connectivity index (χ2v) is 4.29. The second kappa shape index (κ2) is 3.98. The number of aromatic nitrogens is 6. The van der Waals surface area contributed by atoms with Crippen molar-refractivity contribution in [3.63, 3.8) is 0 Å². The van der Waals surface area contributed by atoms with Crippen LogP contribution in [-0.2, 0) is 0 Å². The minimum atomic E-state index is 0.595. The molecule has 0 amide bonds. The predicted molar refractivity (Wildman–Crippen MR) is 70.6 cm³/mol. The number of benzene rings is 1. The highest BCUT2D eigenvalue weighted by Gasteiger charge is 2.05. The summed E-state index contributed by atoms with van der Waals surface area (Å²) in [5.74, 6) is 1.29. The summed E-state index contributed by atoms with van der Waals surface area (Å²) in [6.07, 6.45) is 0. The molecule has 0 unspecified atom stereocenters. The number of tetrazole rings is 1. The third-order valence-electron chi connectivity index (χ3n) is 2.84. The molecule has 0 aliphatic heterocycles. The Bertz CT molecular complexity index is 910. The fraction of sp³-hybridized carbons (Fsp3) is 0.0833. The molecule has 0 aliphatic rings. The number of nitrogens with one attached hydrogen (secondary N) is 1. The van der Waals surface area contributed by atoms with Crippen molar-refractivity contribution in [2.24, 2.45) is 0 Å². The van der Waals surface area contributed by atoms with Gasteiger partial charge in [0.2, 0.25) is 0 Å². The number of oxazole rings is 1. The van der Waals surface area contributed by atoms with Gasteiger partial charge < -0.3 is 9.73 Å². The van der Waals surface area contributed by atoms with E-state index in [4.69, 9.17) is 4.42 Å². The maximum Gasteiger partial charge on any atom is 0.200 e. The third-order valence-corrected chi connectivity index (χ3v) is 2.84. The minimum absolute atomic E-state index is 0.595. The zero-order chi connectivity index (χ0) is 13.5. The highest BCUT2D eigenvalue weighted by molar-refractivity contribution is 5.78. The Morgan fingerprint density at radius 2 is 2.15 bits per heavy atom. The van der Waals surface area contributed by atoms with Gasteiger partial charge in [0.1, 0.15) is 5.52 Å². The lowest BCUT2D eigenvalue weighted by atomic mass is 10.3. The molecular formula is C12H9N7O. The first-order chi connectivity index (χ1) is 9.78. The second-order valence-electron chi connectivity index (χ2n) is 4.29. The molecule has 4 rings (SSSR count). The molecule has 1 N–H and O–H groups in total. The molecule has 0 fully saturated rings. The lowest BCUT2D eigenvalue weighted by Crippen LogP contribution is -2.00. The first-order valence-corrected chi connectivity index (χ1v) is 5.97.